The summed E-state index contributed by atoms with van der Waals surface area (Å²) in [4.78, 5) is 2.29. The molecule has 1 N–H and O–H groups in total. The quantitative estimate of drug-likeness (QED) is 0.875. The van der Waals surface area contributed by atoms with Crippen LogP contribution in [0.2, 0.25) is 5.02 Å². The van der Waals surface area contributed by atoms with Crippen LogP contribution in [-0.4, -0.2) is 30.1 Å². The third-order valence-electron chi connectivity index (χ3n) is 3.41. The third-order valence-corrected chi connectivity index (χ3v) is 3.77. The Bertz CT molecular complexity index is 367. The molecular formula is C13H18ClFN2. The lowest BCUT2D eigenvalue weighted by molar-refractivity contribution is 0.107. The van der Waals surface area contributed by atoms with Crippen molar-refractivity contribution in [3.05, 3.63) is 34.6 Å². The van der Waals surface area contributed by atoms with Gasteiger partial charge in [-0.25, -0.2) is 4.39 Å². The molecule has 1 saturated heterocycles. The summed E-state index contributed by atoms with van der Waals surface area (Å²) in [5, 5.41) is 3.88. The van der Waals surface area contributed by atoms with E-state index in [0.29, 0.717) is 29.2 Å². The Hall–Kier alpha value is -0.640. The largest absolute Gasteiger partial charge is 0.314 e. The molecule has 1 heterocycles. The first-order valence-corrected chi connectivity index (χ1v) is 6.36. The second kappa shape index (κ2) is 5.34. The lowest BCUT2D eigenvalue weighted by Crippen LogP contribution is -2.54. The maximum Gasteiger partial charge on any atom is 0.129 e. The van der Waals surface area contributed by atoms with Crippen molar-refractivity contribution in [1.82, 2.24) is 10.2 Å². The fraction of sp³-hybridized carbons (Fsp3) is 0.538. The Morgan fingerprint density at radius 2 is 2.00 bits per heavy atom. The van der Waals surface area contributed by atoms with Crippen molar-refractivity contribution < 1.29 is 4.39 Å². The van der Waals surface area contributed by atoms with Gasteiger partial charge in [-0.1, -0.05) is 17.7 Å². The van der Waals surface area contributed by atoms with E-state index >= 15 is 0 Å². The van der Waals surface area contributed by atoms with E-state index in [9.17, 15) is 4.39 Å². The van der Waals surface area contributed by atoms with E-state index < -0.39 is 0 Å². The van der Waals surface area contributed by atoms with Crippen molar-refractivity contribution in [3.63, 3.8) is 0 Å². The topological polar surface area (TPSA) is 15.3 Å². The van der Waals surface area contributed by atoms with E-state index in [1.165, 1.54) is 6.07 Å². The van der Waals surface area contributed by atoms with Gasteiger partial charge in [-0.15, -0.1) is 0 Å². The van der Waals surface area contributed by atoms with Gasteiger partial charge in [0.1, 0.15) is 5.82 Å². The molecule has 0 amide bonds. The van der Waals surface area contributed by atoms with Crippen LogP contribution in [0.4, 0.5) is 4.39 Å². The zero-order valence-electron chi connectivity index (χ0n) is 10.2. The molecule has 2 unspecified atom stereocenters. The first kappa shape index (κ1) is 12.8. The summed E-state index contributed by atoms with van der Waals surface area (Å²) in [7, 11) is 0. The van der Waals surface area contributed by atoms with E-state index in [1.807, 2.05) is 0 Å². The van der Waals surface area contributed by atoms with Gasteiger partial charge >= 0.3 is 0 Å². The van der Waals surface area contributed by atoms with Crippen molar-refractivity contribution in [2.45, 2.75) is 32.5 Å². The van der Waals surface area contributed by atoms with Crippen LogP contribution >= 0.6 is 11.6 Å². The molecule has 0 aromatic heterocycles. The number of rotatable bonds is 2. The molecule has 1 aromatic carbocycles. The highest BCUT2D eigenvalue weighted by molar-refractivity contribution is 6.31. The SMILES string of the molecule is CC1CNCC(C)N1Cc1c(F)cccc1Cl. The summed E-state index contributed by atoms with van der Waals surface area (Å²) >= 11 is 6.06. The monoisotopic (exact) mass is 256 g/mol. The minimum Gasteiger partial charge on any atom is -0.314 e. The smallest absolute Gasteiger partial charge is 0.129 e. The zero-order chi connectivity index (χ0) is 12.4. The molecular weight excluding hydrogens is 239 g/mol. The second-order valence-corrected chi connectivity index (χ2v) is 5.14. The molecule has 1 fully saturated rings. The minimum absolute atomic E-state index is 0.213. The Balaban J connectivity index is 2.19. The molecule has 1 aromatic rings. The van der Waals surface area contributed by atoms with E-state index in [1.54, 1.807) is 12.1 Å². The third kappa shape index (κ3) is 2.79. The molecule has 0 radical (unpaired) electrons. The molecule has 0 saturated carbocycles. The fourth-order valence-electron chi connectivity index (χ4n) is 2.35. The van der Waals surface area contributed by atoms with Crippen LogP contribution in [0.3, 0.4) is 0 Å². The van der Waals surface area contributed by atoms with E-state index in [2.05, 4.69) is 24.1 Å². The van der Waals surface area contributed by atoms with E-state index in [-0.39, 0.29) is 5.82 Å². The van der Waals surface area contributed by atoms with Crippen LogP contribution in [0.25, 0.3) is 0 Å². The average Bonchev–Trinajstić information content (AvgIpc) is 2.27. The van der Waals surface area contributed by atoms with Crippen LogP contribution < -0.4 is 5.32 Å². The Labute approximate surface area is 107 Å². The molecule has 0 spiro atoms. The van der Waals surface area contributed by atoms with Crippen LogP contribution in [0.1, 0.15) is 19.4 Å². The molecule has 94 valence electrons. The summed E-state index contributed by atoms with van der Waals surface area (Å²) in [5.41, 5.74) is 0.606. The van der Waals surface area contributed by atoms with Gasteiger partial charge in [-0.2, -0.15) is 0 Å². The van der Waals surface area contributed by atoms with Crippen molar-refractivity contribution >= 4 is 11.6 Å². The molecule has 4 heteroatoms. The zero-order valence-corrected chi connectivity index (χ0v) is 11.0. The average molecular weight is 257 g/mol. The molecule has 2 nitrogen and oxygen atoms in total. The molecule has 1 aliphatic heterocycles. The van der Waals surface area contributed by atoms with Gasteiger partial charge in [0.2, 0.25) is 0 Å². The minimum atomic E-state index is -0.213. The first-order chi connectivity index (χ1) is 8.09. The number of hydrogen-bond donors (Lipinski definition) is 1. The number of benzene rings is 1. The lowest BCUT2D eigenvalue weighted by atomic mass is 10.1. The van der Waals surface area contributed by atoms with Gasteiger partial charge in [0, 0.05) is 42.3 Å². The van der Waals surface area contributed by atoms with Crippen LogP contribution in [0.15, 0.2) is 18.2 Å². The highest BCUT2D eigenvalue weighted by atomic mass is 35.5. The Morgan fingerprint density at radius 1 is 1.35 bits per heavy atom. The molecule has 0 aliphatic carbocycles. The predicted octanol–water partition coefficient (Wildman–Crippen LogP) is 2.66. The lowest BCUT2D eigenvalue weighted by Gasteiger charge is -2.39. The summed E-state index contributed by atoms with van der Waals surface area (Å²) in [5.74, 6) is -0.213. The van der Waals surface area contributed by atoms with Crippen molar-refractivity contribution in [2.24, 2.45) is 0 Å². The van der Waals surface area contributed by atoms with Crippen molar-refractivity contribution in [2.75, 3.05) is 13.1 Å². The number of nitrogens with zero attached hydrogens (tertiary/aromatic N) is 1. The maximum atomic E-state index is 13.7. The summed E-state index contributed by atoms with van der Waals surface area (Å²) in [6, 6.07) is 5.66. The molecule has 1 aliphatic rings. The van der Waals surface area contributed by atoms with Crippen molar-refractivity contribution in [3.8, 4) is 0 Å². The van der Waals surface area contributed by atoms with Gasteiger partial charge in [0.25, 0.3) is 0 Å². The summed E-state index contributed by atoms with van der Waals surface area (Å²) in [6.45, 7) is 6.76. The van der Waals surface area contributed by atoms with Gasteiger partial charge < -0.3 is 5.32 Å². The highest BCUT2D eigenvalue weighted by Gasteiger charge is 2.25. The Kier molecular flexibility index (Phi) is 4.02. The second-order valence-electron chi connectivity index (χ2n) is 4.73. The van der Waals surface area contributed by atoms with Crippen LogP contribution in [0.5, 0.6) is 0 Å². The normalized spacial score (nSPS) is 26.1. The number of hydrogen-bond acceptors (Lipinski definition) is 2. The van der Waals surface area contributed by atoms with Gasteiger partial charge in [-0.3, -0.25) is 4.90 Å². The fourth-order valence-corrected chi connectivity index (χ4v) is 2.57. The number of halogens is 2. The first-order valence-electron chi connectivity index (χ1n) is 5.99. The van der Waals surface area contributed by atoms with Crippen LogP contribution in [0, 0.1) is 5.82 Å². The van der Waals surface area contributed by atoms with Crippen molar-refractivity contribution in [1.29, 1.82) is 0 Å². The highest BCUT2D eigenvalue weighted by Crippen LogP contribution is 2.23. The molecule has 0 bridgehead atoms. The van der Waals surface area contributed by atoms with Gasteiger partial charge in [0.15, 0.2) is 0 Å². The molecule has 2 atom stereocenters. The standard InChI is InChI=1S/C13H18ClFN2/c1-9-6-16-7-10(2)17(9)8-11-12(14)4-3-5-13(11)15/h3-5,9-10,16H,6-8H2,1-2H3. The van der Waals surface area contributed by atoms with Gasteiger partial charge in [0.05, 0.1) is 0 Å². The van der Waals surface area contributed by atoms with E-state index in [4.69, 9.17) is 11.6 Å². The summed E-state index contributed by atoms with van der Waals surface area (Å²) in [6.07, 6.45) is 0. The van der Waals surface area contributed by atoms with Crippen LogP contribution in [-0.2, 0) is 6.54 Å². The van der Waals surface area contributed by atoms with E-state index in [0.717, 1.165) is 13.1 Å². The Morgan fingerprint density at radius 3 is 2.59 bits per heavy atom. The predicted molar refractivity (Wildman–Crippen MR) is 68.7 cm³/mol. The molecule has 17 heavy (non-hydrogen) atoms. The maximum absolute atomic E-state index is 13.7. The number of piperazine rings is 1. The number of nitrogens with one attached hydrogen (secondary N) is 1. The summed E-state index contributed by atoms with van der Waals surface area (Å²) < 4.78 is 13.7. The van der Waals surface area contributed by atoms with Gasteiger partial charge in [-0.05, 0) is 26.0 Å². The molecule has 2 rings (SSSR count).